The quantitative estimate of drug-likeness (QED) is 0.578. The molecular formula is C19H18ClFN4O4. The van der Waals surface area contributed by atoms with E-state index in [1.165, 1.54) is 12.4 Å². The van der Waals surface area contributed by atoms with Crippen molar-refractivity contribution in [2.24, 2.45) is 0 Å². The van der Waals surface area contributed by atoms with Gasteiger partial charge in [-0.05, 0) is 29.7 Å². The van der Waals surface area contributed by atoms with Crippen molar-refractivity contribution in [3.05, 3.63) is 52.7 Å². The second kappa shape index (κ2) is 6.89. The molecule has 152 valence electrons. The van der Waals surface area contributed by atoms with E-state index in [-0.39, 0.29) is 11.6 Å². The molecule has 2 aliphatic rings. The molecule has 0 radical (unpaired) electrons. The molecule has 5 atom stereocenters. The molecule has 0 bridgehead atoms. The van der Waals surface area contributed by atoms with Gasteiger partial charge in [0.1, 0.15) is 48.0 Å². The van der Waals surface area contributed by atoms with Crippen molar-refractivity contribution in [3.63, 3.8) is 0 Å². The number of anilines is 1. The van der Waals surface area contributed by atoms with Crippen LogP contribution in [0.25, 0.3) is 11.0 Å². The molecular weight excluding hydrogens is 403 g/mol. The highest BCUT2D eigenvalue weighted by atomic mass is 35.5. The van der Waals surface area contributed by atoms with E-state index in [0.717, 1.165) is 0 Å². The van der Waals surface area contributed by atoms with Crippen molar-refractivity contribution in [2.45, 2.75) is 37.1 Å². The summed E-state index contributed by atoms with van der Waals surface area (Å²) in [7, 11) is 0. The summed E-state index contributed by atoms with van der Waals surface area (Å²) in [6, 6.07) is 4.83. The summed E-state index contributed by atoms with van der Waals surface area (Å²) in [4.78, 5) is 8.15. The van der Waals surface area contributed by atoms with Gasteiger partial charge in [-0.2, -0.15) is 0 Å². The fraction of sp³-hybridized carbons (Fsp3) is 0.368. The van der Waals surface area contributed by atoms with Crippen molar-refractivity contribution < 1.29 is 24.1 Å². The fourth-order valence-electron chi connectivity index (χ4n) is 4.14. The standard InChI is InChI=1S/C19H18ClFN4O4/c20-11-2-1-9-8(12(11)21)4-6-28-15(9)16-13(26)14(27)19(29-16)25-5-3-10-17(22)23-7-24-18(10)25/h1-3,5,7,13-16,19,26-27H,4,6H2,(H2,22,23,24)/t13-,14+,15+,16-,19+/m0/s1. The third kappa shape index (κ3) is 2.81. The van der Waals surface area contributed by atoms with E-state index in [9.17, 15) is 14.6 Å². The first kappa shape index (κ1) is 18.7. The maximum atomic E-state index is 14.5. The third-order valence-corrected chi connectivity index (χ3v) is 5.87. The Labute approximate surface area is 169 Å². The lowest BCUT2D eigenvalue weighted by Gasteiger charge is -2.31. The summed E-state index contributed by atoms with van der Waals surface area (Å²) in [6.45, 7) is 0.248. The smallest absolute Gasteiger partial charge is 0.164 e. The number of fused-ring (bicyclic) bond motifs is 2. The van der Waals surface area contributed by atoms with Crippen LogP contribution in [-0.2, 0) is 15.9 Å². The van der Waals surface area contributed by atoms with Crippen LogP contribution < -0.4 is 5.73 Å². The molecule has 0 amide bonds. The maximum Gasteiger partial charge on any atom is 0.164 e. The van der Waals surface area contributed by atoms with Gasteiger partial charge in [-0.3, -0.25) is 0 Å². The van der Waals surface area contributed by atoms with E-state index in [2.05, 4.69) is 9.97 Å². The number of ether oxygens (including phenoxy) is 2. The Morgan fingerprint density at radius 1 is 1.21 bits per heavy atom. The summed E-state index contributed by atoms with van der Waals surface area (Å²) < 4.78 is 27.9. The van der Waals surface area contributed by atoms with E-state index in [0.29, 0.717) is 34.4 Å². The molecule has 0 spiro atoms. The molecule has 3 aromatic rings. The van der Waals surface area contributed by atoms with E-state index in [4.69, 9.17) is 26.8 Å². The number of hydrogen-bond donors (Lipinski definition) is 3. The second-order valence-corrected chi connectivity index (χ2v) is 7.57. The van der Waals surface area contributed by atoms with Crippen LogP contribution in [0.15, 0.2) is 30.7 Å². The number of aliphatic hydroxyl groups excluding tert-OH is 2. The van der Waals surface area contributed by atoms with Crippen LogP contribution in [0.5, 0.6) is 0 Å². The van der Waals surface area contributed by atoms with Crippen LogP contribution >= 0.6 is 11.6 Å². The summed E-state index contributed by atoms with van der Waals surface area (Å²) in [5.74, 6) is -0.194. The van der Waals surface area contributed by atoms with Gasteiger partial charge in [0.2, 0.25) is 0 Å². The minimum absolute atomic E-state index is 0.0336. The summed E-state index contributed by atoms with van der Waals surface area (Å²) in [6.07, 6.45) is -1.75. The van der Waals surface area contributed by atoms with Gasteiger partial charge in [-0.15, -0.1) is 0 Å². The Morgan fingerprint density at radius 2 is 2.03 bits per heavy atom. The Morgan fingerprint density at radius 3 is 2.86 bits per heavy atom. The van der Waals surface area contributed by atoms with E-state index >= 15 is 0 Å². The molecule has 1 saturated heterocycles. The molecule has 10 heteroatoms. The predicted octanol–water partition coefficient (Wildman–Crippen LogP) is 1.74. The monoisotopic (exact) mass is 420 g/mol. The Hall–Kier alpha value is -2.30. The van der Waals surface area contributed by atoms with Gasteiger partial charge in [0.05, 0.1) is 17.0 Å². The number of benzene rings is 1. The predicted molar refractivity (Wildman–Crippen MR) is 102 cm³/mol. The van der Waals surface area contributed by atoms with Gasteiger partial charge in [0, 0.05) is 6.20 Å². The van der Waals surface area contributed by atoms with Crippen molar-refractivity contribution >= 4 is 28.5 Å². The maximum absolute atomic E-state index is 14.5. The van der Waals surface area contributed by atoms with Crippen molar-refractivity contribution in [2.75, 3.05) is 12.3 Å². The molecule has 0 aliphatic carbocycles. The molecule has 5 rings (SSSR count). The first-order valence-corrected chi connectivity index (χ1v) is 9.52. The van der Waals surface area contributed by atoms with Gasteiger partial charge in [-0.25, -0.2) is 14.4 Å². The first-order valence-electron chi connectivity index (χ1n) is 9.14. The zero-order chi connectivity index (χ0) is 20.3. The summed E-state index contributed by atoms with van der Waals surface area (Å²) in [5, 5.41) is 22.0. The van der Waals surface area contributed by atoms with Crippen LogP contribution in [0.2, 0.25) is 5.02 Å². The van der Waals surface area contributed by atoms with E-state index in [1.54, 1.807) is 22.9 Å². The minimum Gasteiger partial charge on any atom is -0.387 e. The SMILES string of the molecule is Nc1ncnc2c1ccn2[C@@H]1O[C@H]([C@@H]2OCCc3c2ccc(Cl)c3F)[C@@H](O)[C@H]1O. The zero-order valence-electron chi connectivity index (χ0n) is 15.1. The average molecular weight is 421 g/mol. The number of nitrogens with two attached hydrogens (primary N) is 1. The average Bonchev–Trinajstić information content (AvgIpc) is 3.27. The second-order valence-electron chi connectivity index (χ2n) is 7.16. The van der Waals surface area contributed by atoms with Crippen LogP contribution in [0.1, 0.15) is 23.5 Å². The molecule has 8 nitrogen and oxygen atoms in total. The van der Waals surface area contributed by atoms with E-state index in [1.807, 2.05) is 0 Å². The normalized spacial score (nSPS) is 29.3. The minimum atomic E-state index is -1.26. The number of aliphatic hydroxyl groups is 2. The molecule has 1 fully saturated rings. The van der Waals surface area contributed by atoms with E-state index < -0.39 is 36.5 Å². The highest BCUT2D eigenvalue weighted by molar-refractivity contribution is 6.30. The molecule has 2 aliphatic heterocycles. The Balaban J connectivity index is 1.51. The number of nitrogens with zero attached hydrogens (tertiary/aromatic N) is 3. The van der Waals surface area contributed by atoms with Crippen LogP contribution in [0.4, 0.5) is 10.2 Å². The first-order chi connectivity index (χ1) is 14.0. The topological polar surface area (TPSA) is 116 Å². The van der Waals surface area contributed by atoms with Crippen LogP contribution in [0, 0.1) is 5.82 Å². The molecule has 1 aromatic carbocycles. The lowest BCUT2D eigenvalue weighted by Crippen LogP contribution is -2.37. The number of nitrogen functional groups attached to an aromatic ring is 1. The van der Waals surface area contributed by atoms with Crippen molar-refractivity contribution in [1.82, 2.24) is 14.5 Å². The Bertz CT molecular complexity index is 1090. The highest BCUT2D eigenvalue weighted by Gasteiger charge is 2.49. The van der Waals surface area contributed by atoms with Crippen molar-refractivity contribution in [3.8, 4) is 0 Å². The number of hydrogen-bond acceptors (Lipinski definition) is 7. The molecule has 29 heavy (non-hydrogen) atoms. The third-order valence-electron chi connectivity index (χ3n) is 5.58. The van der Waals surface area contributed by atoms with Gasteiger partial charge in [0.25, 0.3) is 0 Å². The Kier molecular flexibility index (Phi) is 4.45. The molecule has 2 aromatic heterocycles. The van der Waals surface area contributed by atoms with Gasteiger partial charge < -0.3 is 30.0 Å². The van der Waals surface area contributed by atoms with Gasteiger partial charge >= 0.3 is 0 Å². The summed E-state index contributed by atoms with van der Waals surface area (Å²) >= 11 is 5.90. The van der Waals surface area contributed by atoms with Crippen LogP contribution in [-0.4, -0.2) is 49.7 Å². The lowest BCUT2D eigenvalue weighted by molar-refractivity contribution is -0.113. The van der Waals surface area contributed by atoms with Crippen molar-refractivity contribution in [1.29, 1.82) is 0 Å². The lowest BCUT2D eigenvalue weighted by atomic mass is 9.91. The zero-order valence-corrected chi connectivity index (χ0v) is 15.8. The highest BCUT2D eigenvalue weighted by Crippen LogP contribution is 2.42. The molecule has 0 saturated carbocycles. The van der Waals surface area contributed by atoms with Crippen LogP contribution in [0.3, 0.4) is 0 Å². The molecule has 4 N–H and O–H groups in total. The number of aromatic nitrogens is 3. The number of halogens is 2. The fourth-order valence-corrected chi connectivity index (χ4v) is 4.32. The number of rotatable bonds is 2. The molecule has 0 unspecified atom stereocenters. The van der Waals surface area contributed by atoms with Gasteiger partial charge in [-0.1, -0.05) is 17.7 Å². The summed E-state index contributed by atoms with van der Waals surface area (Å²) in [5.41, 5.74) is 7.33. The largest absolute Gasteiger partial charge is 0.387 e. The molecule has 4 heterocycles. The van der Waals surface area contributed by atoms with Gasteiger partial charge in [0.15, 0.2) is 6.23 Å².